The molecule has 0 radical (unpaired) electrons. The average Bonchev–Trinajstić information content (AvgIpc) is 2.47. The molecule has 3 rings (SSSR count). The highest BCUT2D eigenvalue weighted by Crippen LogP contribution is 2.36. The van der Waals surface area contributed by atoms with Crippen LogP contribution >= 0.6 is 11.8 Å². The van der Waals surface area contributed by atoms with Gasteiger partial charge in [-0.15, -0.1) is 11.8 Å². The van der Waals surface area contributed by atoms with Crippen LogP contribution in [0.4, 0.5) is 5.69 Å². The minimum atomic E-state index is -0.711. The van der Waals surface area contributed by atoms with Crippen molar-refractivity contribution in [1.29, 1.82) is 0 Å². The Hall–Kier alpha value is -2.07. The van der Waals surface area contributed by atoms with E-state index >= 15 is 0 Å². The number of carbonyl (C=O) groups excluding carboxylic acids is 2. The SMILES string of the molecule is O=C1Nc2ccccc2S[C@@H]1C(=O)c1ccccc1. The van der Waals surface area contributed by atoms with E-state index in [2.05, 4.69) is 5.32 Å². The summed E-state index contributed by atoms with van der Waals surface area (Å²) in [6.45, 7) is 0. The average molecular weight is 269 g/mol. The molecule has 1 aliphatic heterocycles. The number of Topliss-reactive ketones (excluding diaryl/α,β-unsaturated/α-hetero) is 1. The number of thioether (sulfide) groups is 1. The van der Waals surface area contributed by atoms with Crippen molar-refractivity contribution in [2.24, 2.45) is 0 Å². The van der Waals surface area contributed by atoms with Gasteiger partial charge < -0.3 is 5.32 Å². The van der Waals surface area contributed by atoms with Crippen molar-refractivity contribution in [1.82, 2.24) is 0 Å². The predicted molar refractivity (Wildman–Crippen MR) is 75.5 cm³/mol. The lowest BCUT2D eigenvalue weighted by Gasteiger charge is -2.22. The minimum Gasteiger partial charge on any atom is -0.324 e. The van der Waals surface area contributed by atoms with Gasteiger partial charge in [0.2, 0.25) is 5.91 Å². The molecule has 0 saturated heterocycles. The number of benzene rings is 2. The Kier molecular flexibility index (Phi) is 3.09. The van der Waals surface area contributed by atoms with Crippen LogP contribution in [-0.4, -0.2) is 16.9 Å². The van der Waals surface area contributed by atoms with Gasteiger partial charge in [0, 0.05) is 10.5 Å². The fourth-order valence-corrected chi connectivity index (χ4v) is 3.04. The van der Waals surface area contributed by atoms with Crippen LogP contribution in [0.1, 0.15) is 10.4 Å². The van der Waals surface area contributed by atoms with E-state index in [9.17, 15) is 9.59 Å². The summed E-state index contributed by atoms with van der Waals surface area (Å²) in [5.41, 5.74) is 1.34. The van der Waals surface area contributed by atoms with Crippen LogP contribution in [-0.2, 0) is 4.79 Å². The summed E-state index contributed by atoms with van der Waals surface area (Å²) in [6, 6.07) is 16.4. The predicted octanol–water partition coefficient (Wildman–Crippen LogP) is 2.98. The molecule has 2 aromatic rings. The summed E-state index contributed by atoms with van der Waals surface area (Å²) in [6.07, 6.45) is 0. The van der Waals surface area contributed by atoms with E-state index in [1.807, 2.05) is 30.3 Å². The number of ketones is 1. The largest absolute Gasteiger partial charge is 0.324 e. The first-order valence-corrected chi connectivity index (χ1v) is 6.79. The number of fused-ring (bicyclic) bond motifs is 1. The maximum absolute atomic E-state index is 12.3. The van der Waals surface area contributed by atoms with Gasteiger partial charge in [-0.05, 0) is 12.1 Å². The zero-order valence-corrected chi connectivity index (χ0v) is 10.8. The zero-order valence-electron chi connectivity index (χ0n) is 10.00. The van der Waals surface area contributed by atoms with Crippen LogP contribution in [0.2, 0.25) is 0 Å². The molecule has 0 fully saturated rings. The number of hydrogen-bond acceptors (Lipinski definition) is 3. The van der Waals surface area contributed by atoms with Gasteiger partial charge in [0.1, 0.15) is 0 Å². The van der Waals surface area contributed by atoms with E-state index in [1.165, 1.54) is 11.8 Å². The summed E-state index contributed by atoms with van der Waals surface area (Å²) in [5.74, 6) is -0.407. The van der Waals surface area contributed by atoms with Gasteiger partial charge in [-0.3, -0.25) is 9.59 Å². The fraction of sp³-hybridized carbons (Fsp3) is 0.0667. The lowest BCUT2D eigenvalue weighted by atomic mass is 10.1. The number of para-hydroxylation sites is 1. The number of rotatable bonds is 2. The normalized spacial score (nSPS) is 17.5. The first-order valence-electron chi connectivity index (χ1n) is 5.91. The van der Waals surface area contributed by atoms with Crippen molar-refractivity contribution >= 4 is 29.1 Å². The van der Waals surface area contributed by atoms with E-state index < -0.39 is 5.25 Å². The van der Waals surface area contributed by atoms with Gasteiger partial charge in [0.15, 0.2) is 11.0 Å². The molecular weight excluding hydrogens is 258 g/mol. The van der Waals surface area contributed by atoms with E-state index in [-0.39, 0.29) is 11.7 Å². The number of carbonyl (C=O) groups is 2. The molecule has 94 valence electrons. The maximum atomic E-state index is 12.3. The van der Waals surface area contributed by atoms with Crippen molar-refractivity contribution in [3.8, 4) is 0 Å². The quantitative estimate of drug-likeness (QED) is 0.673. The van der Waals surface area contributed by atoms with Crippen molar-refractivity contribution in [3.05, 3.63) is 60.2 Å². The van der Waals surface area contributed by atoms with Crippen molar-refractivity contribution < 1.29 is 9.59 Å². The smallest absolute Gasteiger partial charge is 0.245 e. The lowest BCUT2D eigenvalue weighted by molar-refractivity contribution is -0.115. The minimum absolute atomic E-state index is 0.155. The molecule has 19 heavy (non-hydrogen) atoms. The number of amides is 1. The molecule has 1 N–H and O–H groups in total. The summed E-state index contributed by atoms with van der Waals surface area (Å²) in [7, 11) is 0. The molecule has 2 aromatic carbocycles. The number of nitrogens with one attached hydrogen (secondary N) is 1. The Morgan fingerprint density at radius 2 is 1.68 bits per heavy atom. The third-order valence-electron chi connectivity index (χ3n) is 2.92. The summed E-state index contributed by atoms with van der Waals surface area (Å²) < 4.78 is 0. The second-order valence-corrected chi connectivity index (χ2v) is 5.36. The molecule has 3 nitrogen and oxygen atoms in total. The highest BCUT2D eigenvalue weighted by atomic mass is 32.2. The Morgan fingerprint density at radius 3 is 2.47 bits per heavy atom. The lowest BCUT2D eigenvalue weighted by Crippen LogP contribution is -2.35. The van der Waals surface area contributed by atoms with Gasteiger partial charge >= 0.3 is 0 Å². The van der Waals surface area contributed by atoms with Crippen LogP contribution < -0.4 is 5.32 Å². The molecule has 1 atom stereocenters. The van der Waals surface area contributed by atoms with Crippen molar-refractivity contribution in [2.75, 3.05) is 5.32 Å². The van der Waals surface area contributed by atoms with Crippen LogP contribution in [0.15, 0.2) is 59.5 Å². The Balaban J connectivity index is 1.91. The Morgan fingerprint density at radius 1 is 1.00 bits per heavy atom. The molecule has 1 amide bonds. The van der Waals surface area contributed by atoms with Crippen LogP contribution in [0.3, 0.4) is 0 Å². The van der Waals surface area contributed by atoms with Gasteiger partial charge in [0.05, 0.1) is 5.69 Å². The van der Waals surface area contributed by atoms with Crippen LogP contribution in [0.5, 0.6) is 0 Å². The maximum Gasteiger partial charge on any atom is 0.245 e. The molecule has 0 aliphatic carbocycles. The number of hydrogen-bond donors (Lipinski definition) is 1. The molecule has 0 aromatic heterocycles. The summed E-state index contributed by atoms with van der Waals surface area (Å²) >= 11 is 1.31. The van der Waals surface area contributed by atoms with Gasteiger partial charge in [-0.2, -0.15) is 0 Å². The standard InChI is InChI=1S/C15H11NO2S/c17-13(10-6-2-1-3-7-10)14-15(18)16-11-8-4-5-9-12(11)19-14/h1-9,14H,(H,16,18)/t14-/m1/s1. The second kappa shape index (κ2) is 4.90. The third-order valence-corrected chi connectivity index (χ3v) is 4.20. The zero-order chi connectivity index (χ0) is 13.2. The Labute approximate surface area is 115 Å². The summed E-state index contributed by atoms with van der Waals surface area (Å²) in [4.78, 5) is 25.3. The van der Waals surface area contributed by atoms with Gasteiger partial charge in [-0.25, -0.2) is 0 Å². The third kappa shape index (κ3) is 2.27. The van der Waals surface area contributed by atoms with E-state index in [0.717, 1.165) is 10.6 Å². The first-order chi connectivity index (χ1) is 9.25. The van der Waals surface area contributed by atoms with E-state index in [4.69, 9.17) is 0 Å². The highest BCUT2D eigenvalue weighted by molar-refractivity contribution is 8.01. The molecule has 1 aliphatic rings. The molecule has 0 saturated carbocycles. The molecule has 0 bridgehead atoms. The number of anilines is 1. The molecule has 4 heteroatoms. The highest BCUT2D eigenvalue weighted by Gasteiger charge is 2.33. The second-order valence-electron chi connectivity index (χ2n) is 4.21. The van der Waals surface area contributed by atoms with E-state index in [1.54, 1.807) is 24.3 Å². The Bertz CT molecular complexity index is 640. The topological polar surface area (TPSA) is 46.2 Å². The van der Waals surface area contributed by atoms with Gasteiger partial charge in [-0.1, -0.05) is 42.5 Å². The van der Waals surface area contributed by atoms with Crippen molar-refractivity contribution in [3.63, 3.8) is 0 Å². The van der Waals surface area contributed by atoms with Gasteiger partial charge in [0.25, 0.3) is 0 Å². The monoisotopic (exact) mass is 269 g/mol. The molecule has 0 unspecified atom stereocenters. The molecule has 1 heterocycles. The van der Waals surface area contributed by atoms with Crippen LogP contribution in [0, 0.1) is 0 Å². The first kappa shape index (κ1) is 12.0. The summed E-state index contributed by atoms with van der Waals surface area (Å²) in [5, 5.41) is 2.07. The van der Waals surface area contributed by atoms with Crippen molar-refractivity contribution in [2.45, 2.75) is 10.1 Å². The van der Waals surface area contributed by atoms with Crippen LogP contribution in [0.25, 0.3) is 0 Å². The van der Waals surface area contributed by atoms with E-state index in [0.29, 0.717) is 5.56 Å². The fourth-order valence-electron chi connectivity index (χ4n) is 1.98. The molecular formula is C15H11NO2S. The molecule has 0 spiro atoms.